The molecule has 254 valence electrons. The number of benzene rings is 9. The van der Waals surface area contributed by atoms with Crippen molar-refractivity contribution >= 4 is 49.6 Å². The molecule has 0 aliphatic carbocycles. The second-order valence-corrected chi connectivity index (χ2v) is 13.7. The SMILES string of the molecule is c1ccc(-c2ccc(N(c3ccc(-c4ccccc4-n4c5ccccc5c5c6ccccc6ccc54)cc3)c3ccccc3-c3ccccc3)cc2)cc1. The average molecular weight is 689 g/mol. The molecule has 2 nitrogen and oxygen atoms in total. The van der Waals surface area contributed by atoms with Crippen LogP contribution in [0.4, 0.5) is 17.1 Å². The summed E-state index contributed by atoms with van der Waals surface area (Å²) in [5, 5.41) is 5.09. The Bertz CT molecular complexity index is 2910. The van der Waals surface area contributed by atoms with Crippen molar-refractivity contribution in [3.8, 4) is 39.1 Å². The number of hydrogen-bond acceptors (Lipinski definition) is 1. The molecule has 0 saturated heterocycles. The lowest BCUT2D eigenvalue weighted by Crippen LogP contribution is -2.11. The predicted molar refractivity (Wildman–Crippen MR) is 229 cm³/mol. The molecule has 0 N–H and O–H groups in total. The number of anilines is 3. The molecular weight excluding hydrogens is 653 g/mol. The summed E-state index contributed by atoms with van der Waals surface area (Å²) in [6.07, 6.45) is 0. The first kappa shape index (κ1) is 31.6. The van der Waals surface area contributed by atoms with Gasteiger partial charge in [0.1, 0.15) is 0 Å². The van der Waals surface area contributed by atoms with Crippen molar-refractivity contribution in [2.45, 2.75) is 0 Å². The van der Waals surface area contributed by atoms with Crippen molar-refractivity contribution in [1.82, 2.24) is 4.57 Å². The van der Waals surface area contributed by atoms with E-state index in [1.165, 1.54) is 60.4 Å². The fraction of sp³-hybridized carbons (Fsp3) is 0. The Kier molecular flexibility index (Phi) is 7.85. The molecule has 1 aromatic heterocycles. The van der Waals surface area contributed by atoms with Gasteiger partial charge in [-0.05, 0) is 81.6 Å². The minimum atomic E-state index is 1.09. The van der Waals surface area contributed by atoms with Crippen LogP contribution >= 0.6 is 0 Å². The fourth-order valence-electron chi connectivity index (χ4n) is 8.09. The second kappa shape index (κ2) is 13.4. The van der Waals surface area contributed by atoms with E-state index in [4.69, 9.17) is 0 Å². The topological polar surface area (TPSA) is 8.17 Å². The smallest absolute Gasteiger partial charge is 0.0547 e. The fourth-order valence-corrected chi connectivity index (χ4v) is 8.09. The van der Waals surface area contributed by atoms with E-state index in [1.807, 2.05) is 0 Å². The van der Waals surface area contributed by atoms with E-state index in [-0.39, 0.29) is 0 Å². The first-order valence-electron chi connectivity index (χ1n) is 18.5. The van der Waals surface area contributed by atoms with Gasteiger partial charge in [0.25, 0.3) is 0 Å². The van der Waals surface area contributed by atoms with Gasteiger partial charge in [-0.15, -0.1) is 0 Å². The van der Waals surface area contributed by atoms with Crippen molar-refractivity contribution in [2.75, 3.05) is 4.90 Å². The van der Waals surface area contributed by atoms with Gasteiger partial charge in [0, 0.05) is 33.3 Å². The zero-order chi connectivity index (χ0) is 35.8. The summed E-state index contributed by atoms with van der Waals surface area (Å²) in [6.45, 7) is 0. The number of fused-ring (bicyclic) bond motifs is 5. The molecule has 0 saturated carbocycles. The van der Waals surface area contributed by atoms with Crippen LogP contribution in [0.1, 0.15) is 0 Å². The summed E-state index contributed by atoms with van der Waals surface area (Å²) < 4.78 is 2.44. The highest BCUT2D eigenvalue weighted by atomic mass is 15.1. The van der Waals surface area contributed by atoms with Gasteiger partial charge in [-0.25, -0.2) is 0 Å². The third-order valence-corrected chi connectivity index (χ3v) is 10.6. The first-order valence-corrected chi connectivity index (χ1v) is 18.5. The number of para-hydroxylation sites is 3. The molecule has 0 unspecified atom stereocenters. The van der Waals surface area contributed by atoms with E-state index in [0.717, 1.165) is 28.3 Å². The summed E-state index contributed by atoms with van der Waals surface area (Å²) in [5.41, 5.74) is 14.0. The van der Waals surface area contributed by atoms with Gasteiger partial charge in [-0.3, -0.25) is 0 Å². The van der Waals surface area contributed by atoms with Crippen LogP contribution in [0.3, 0.4) is 0 Å². The molecule has 0 radical (unpaired) electrons. The number of hydrogen-bond donors (Lipinski definition) is 0. The third-order valence-electron chi connectivity index (χ3n) is 10.6. The van der Waals surface area contributed by atoms with Crippen LogP contribution in [-0.4, -0.2) is 4.57 Å². The predicted octanol–water partition coefficient (Wildman–Crippen LogP) is 14.4. The van der Waals surface area contributed by atoms with Gasteiger partial charge in [0.15, 0.2) is 0 Å². The number of nitrogens with zero attached hydrogens (tertiary/aromatic N) is 2. The molecule has 0 fully saturated rings. The molecule has 0 aliphatic rings. The molecule has 0 spiro atoms. The van der Waals surface area contributed by atoms with Crippen LogP contribution in [-0.2, 0) is 0 Å². The van der Waals surface area contributed by atoms with E-state index >= 15 is 0 Å². The lowest BCUT2D eigenvalue weighted by atomic mass is 10.00. The van der Waals surface area contributed by atoms with Crippen molar-refractivity contribution in [1.29, 1.82) is 0 Å². The number of aromatic nitrogens is 1. The maximum Gasteiger partial charge on any atom is 0.0547 e. The Labute approximate surface area is 315 Å². The Balaban J connectivity index is 1.11. The van der Waals surface area contributed by atoms with Crippen LogP contribution in [0.15, 0.2) is 218 Å². The second-order valence-electron chi connectivity index (χ2n) is 13.7. The quantitative estimate of drug-likeness (QED) is 0.162. The van der Waals surface area contributed by atoms with Gasteiger partial charge < -0.3 is 9.47 Å². The summed E-state index contributed by atoms with van der Waals surface area (Å²) in [6, 6.07) is 78.7. The van der Waals surface area contributed by atoms with E-state index in [2.05, 4.69) is 228 Å². The summed E-state index contributed by atoms with van der Waals surface area (Å²) >= 11 is 0. The van der Waals surface area contributed by atoms with Crippen molar-refractivity contribution in [2.24, 2.45) is 0 Å². The summed E-state index contributed by atoms with van der Waals surface area (Å²) in [4.78, 5) is 2.38. The van der Waals surface area contributed by atoms with Crippen molar-refractivity contribution in [3.05, 3.63) is 218 Å². The molecule has 0 bridgehead atoms. The maximum atomic E-state index is 2.44. The van der Waals surface area contributed by atoms with Gasteiger partial charge in [0.05, 0.1) is 22.4 Å². The largest absolute Gasteiger partial charge is 0.310 e. The van der Waals surface area contributed by atoms with E-state index < -0.39 is 0 Å². The van der Waals surface area contributed by atoms with E-state index in [1.54, 1.807) is 0 Å². The molecule has 10 aromatic rings. The van der Waals surface area contributed by atoms with Crippen LogP contribution < -0.4 is 4.90 Å². The maximum absolute atomic E-state index is 2.44. The highest BCUT2D eigenvalue weighted by Crippen LogP contribution is 2.43. The molecule has 0 atom stereocenters. The van der Waals surface area contributed by atoms with E-state index in [9.17, 15) is 0 Å². The molecule has 54 heavy (non-hydrogen) atoms. The van der Waals surface area contributed by atoms with Gasteiger partial charge in [-0.1, -0.05) is 170 Å². The molecule has 0 amide bonds. The lowest BCUT2D eigenvalue weighted by molar-refractivity contribution is 1.18. The molecule has 9 aromatic carbocycles. The summed E-state index contributed by atoms with van der Waals surface area (Å²) in [5.74, 6) is 0. The number of rotatable bonds is 7. The zero-order valence-corrected chi connectivity index (χ0v) is 29.7. The van der Waals surface area contributed by atoms with Crippen LogP contribution in [0.25, 0.3) is 71.6 Å². The van der Waals surface area contributed by atoms with E-state index in [0.29, 0.717) is 0 Å². The normalized spacial score (nSPS) is 11.3. The average Bonchev–Trinajstić information content (AvgIpc) is 3.60. The van der Waals surface area contributed by atoms with Gasteiger partial charge >= 0.3 is 0 Å². The standard InChI is InChI=1S/C52H36N2/c1-3-15-37(16-4-1)38-27-32-42(33-28-38)53(48-24-12-9-20-44(48)39-17-5-2-6-18-39)43-34-29-41(30-35-43)45-21-10-13-25-49(45)54-50-26-14-11-23-47(50)52-46-22-8-7-19-40(46)31-36-51(52)54/h1-36H. The van der Waals surface area contributed by atoms with Crippen LogP contribution in [0, 0.1) is 0 Å². The van der Waals surface area contributed by atoms with Crippen molar-refractivity contribution in [3.63, 3.8) is 0 Å². The highest BCUT2D eigenvalue weighted by Gasteiger charge is 2.20. The minimum Gasteiger partial charge on any atom is -0.310 e. The monoisotopic (exact) mass is 688 g/mol. The molecule has 2 heteroatoms. The first-order chi connectivity index (χ1) is 26.8. The minimum absolute atomic E-state index is 1.09. The Morgan fingerprint density at radius 2 is 0.833 bits per heavy atom. The van der Waals surface area contributed by atoms with Gasteiger partial charge in [0.2, 0.25) is 0 Å². The lowest BCUT2D eigenvalue weighted by Gasteiger charge is -2.28. The summed E-state index contributed by atoms with van der Waals surface area (Å²) in [7, 11) is 0. The highest BCUT2D eigenvalue weighted by molar-refractivity contribution is 6.21. The third kappa shape index (κ3) is 5.44. The molecule has 0 aliphatic heterocycles. The molecule has 1 heterocycles. The van der Waals surface area contributed by atoms with Gasteiger partial charge in [-0.2, -0.15) is 0 Å². The van der Waals surface area contributed by atoms with Crippen LogP contribution in [0.5, 0.6) is 0 Å². The van der Waals surface area contributed by atoms with Crippen LogP contribution in [0.2, 0.25) is 0 Å². The Hall–Kier alpha value is -7.16. The zero-order valence-electron chi connectivity index (χ0n) is 29.7. The Morgan fingerprint density at radius 3 is 1.57 bits per heavy atom. The Morgan fingerprint density at radius 1 is 0.315 bits per heavy atom. The molecule has 10 rings (SSSR count). The molecular formula is C52H36N2. The van der Waals surface area contributed by atoms with Crippen molar-refractivity contribution < 1.29 is 0 Å².